The van der Waals surface area contributed by atoms with Crippen LogP contribution in [0.2, 0.25) is 0 Å². The van der Waals surface area contributed by atoms with Gasteiger partial charge in [0.15, 0.2) is 0 Å². The van der Waals surface area contributed by atoms with Gasteiger partial charge in [-0.3, -0.25) is 4.79 Å². The second kappa shape index (κ2) is 9.90. The molecule has 1 fully saturated rings. The molecule has 1 heterocycles. The van der Waals surface area contributed by atoms with Gasteiger partial charge >= 0.3 is 5.97 Å². The van der Waals surface area contributed by atoms with Crippen LogP contribution in [-0.2, 0) is 16.1 Å². The molecule has 2 aromatic rings. The average Bonchev–Trinajstić information content (AvgIpc) is 3.25. The Labute approximate surface area is 165 Å². The van der Waals surface area contributed by atoms with E-state index in [1.165, 1.54) is 7.11 Å². The number of carbonyl (C=O) groups is 2. The first-order chi connectivity index (χ1) is 13.7. The fourth-order valence-corrected chi connectivity index (χ4v) is 3.24. The maximum atomic E-state index is 12.4. The number of benzene rings is 2. The number of ether oxygens (including phenoxy) is 2. The molecule has 3 rings (SSSR count). The van der Waals surface area contributed by atoms with E-state index in [9.17, 15) is 9.59 Å². The summed E-state index contributed by atoms with van der Waals surface area (Å²) in [4.78, 5) is 24.3. The molecule has 6 heteroatoms. The van der Waals surface area contributed by atoms with E-state index < -0.39 is 5.97 Å². The van der Waals surface area contributed by atoms with Gasteiger partial charge in [0, 0.05) is 6.42 Å². The number of nitrogens with one attached hydrogen (secondary N) is 2. The highest BCUT2D eigenvalue weighted by Crippen LogP contribution is 2.28. The van der Waals surface area contributed by atoms with E-state index in [0.717, 1.165) is 31.5 Å². The number of esters is 1. The fraction of sp³-hybridized carbons (Fsp3) is 0.364. The summed E-state index contributed by atoms with van der Waals surface area (Å²) >= 11 is 0. The fourth-order valence-electron chi connectivity index (χ4n) is 3.24. The largest absolute Gasteiger partial charge is 0.487 e. The molecule has 1 saturated heterocycles. The van der Waals surface area contributed by atoms with Gasteiger partial charge in [0.05, 0.1) is 18.4 Å². The summed E-state index contributed by atoms with van der Waals surface area (Å²) in [6.45, 7) is 2.36. The summed E-state index contributed by atoms with van der Waals surface area (Å²) < 4.78 is 10.7. The maximum absolute atomic E-state index is 12.4. The molecule has 0 aliphatic carbocycles. The second-order valence-electron chi connectivity index (χ2n) is 6.92. The summed E-state index contributed by atoms with van der Waals surface area (Å²) in [5, 5.41) is 6.21. The standard InChI is InChI=1S/C22H26N2O4/c1-27-22(26)18-8-9-20(28-15-17-5-3-2-4-6-17)19(13-18)24-21(25)10-7-16-11-12-23-14-16/h2-6,8-9,13,16,23H,7,10-12,14-15H2,1H3,(H,24,25). The van der Waals surface area contributed by atoms with Crippen molar-refractivity contribution in [3.8, 4) is 5.75 Å². The van der Waals surface area contributed by atoms with E-state index in [4.69, 9.17) is 9.47 Å². The Morgan fingerprint density at radius 1 is 1.18 bits per heavy atom. The molecule has 0 aromatic heterocycles. The monoisotopic (exact) mass is 382 g/mol. The minimum absolute atomic E-state index is 0.0847. The van der Waals surface area contributed by atoms with E-state index in [-0.39, 0.29) is 5.91 Å². The zero-order valence-electron chi connectivity index (χ0n) is 16.1. The number of hydrogen-bond donors (Lipinski definition) is 2. The van der Waals surface area contributed by atoms with E-state index in [1.807, 2.05) is 30.3 Å². The van der Waals surface area contributed by atoms with Crippen LogP contribution in [0.15, 0.2) is 48.5 Å². The number of methoxy groups -OCH3 is 1. The zero-order valence-corrected chi connectivity index (χ0v) is 16.1. The van der Waals surface area contributed by atoms with Crippen LogP contribution >= 0.6 is 0 Å². The molecule has 0 radical (unpaired) electrons. The Morgan fingerprint density at radius 3 is 2.71 bits per heavy atom. The Bertz CT molecular complexity index is 801. The van der Waals surface area contributed by atoms with Crippen molar-refractivity contribution < 1.29 is 19.1 Å². The van der Waals surface area contributed by atoms with Crippen LogP contribution in [0.25, 0.3) is 0 Å². The molecular formula is C22H26N2O4. The van der Waals surface area contributed by atoms with E-state index in [2.05, 4.69) is 10.6 Å². The molecular weight excluding hydrogens is 356 g/mol. The van der Waals surface area contributed by atoms with Gasteiger partial charge in [-0.25, -0.2) is 4.79 Å². The molecule has 148 valence electrons. The quantitative estimate of drug-likeness (QED) is 0.685. The van der Waals surface area contributed by atoms with Crippen molar-refractivity contribution in [3.63, 3.8) is 0 Å². The lowest BCUT2D eigenvalue weighted by atomic mass is 10.0. The molecule has 0 bridgehead atoms. The Balaban J connectivity index is 1.69. The highest BCUT2D eigenvalue weighted by molar-refractivity contribution is 5.96. The third-order valence-corrected chi connectivity index (χ3v) is 4.85. The van der Waals surface area contributed by atoms with Crippen molar-refractivity contribution in [3.05, 3.63) is 59.7 Å². The molecule has 0 spiro atoms. The van der Waals surface area contributed by atoms with Crippen molar-refractivity contribution in [2.75, 3.05) is 25.5 Å². The molecule has 1 unspecified atom stereocenters. The predicted molar refractivity (Wildman–Crippen MR) is 107 cm³/mol. The highest BCUT2D eigenvalue weighted by atomic mass is 16.5. The van der Waals surface area contributed by atoms with Gasteiger partial charge in [-0.1, -0.05) is 30.3 Å². The van der Waals surface area contributed by atoms with Crippen LogP contribution < -0.4 is 15.4 Å². The van der Waals surface area contributed by atoms with Crippen LogP contribution in [0.5, 0.6) is 5.75 Å². The van der Waals surface area contributed by atoms with Gasteiger partial charge in [0.2, 0.25) is 5.91 Å². The van der Waals surface area contributed by atoms with Crippen molar-refractivity contribution in [2.45, 2.75) is 25.9 Å². The summed E-state index contributed by atoms with van der Waals surface area (Å²) in [5.41, 5.74) is 1.86. The van der Waals surface area contributed by atoms with Crippen molar-refractivity contribution in [1.82, 2.24) is 5.32 Å². The Kier molecular flexibility index (Phi) is 7.03. The highest BCUT2D eigenvalue weighted by Gasteiger charge is 2.17. The molecule has 1 aliphatic rings. The smallest absolute Gasteiger partial charge is 0.337 e. The second-order valence-corrected chi connectivity index (χ2v) is 6.92. The van der Waals surface area contributed by atoms with Gasteiger partial charge in [0.25, 0.3) is 0 Å². The molecule has 1 aliphatic heterocycles. The molecule has 6 nitrogen and oxygen atoms in total. The van der Waals surface area contributed by atoms with Gasteiger partial charge in [-0.2, -0.15) is 0 Å². The first-order valence-corrected chi connectivity index (χ1v) is 9.55. The summed E-state index contributed by atoms with van der Waals surface area (Å²) in [6, 6.07) is 14.7. The zero-order chi connectivity index (χ0) is 19.8. The number of anilines is 1. The minimum atomic E-state index is -0.456. The van der Waals surface area contributed by atoms with Gasteiger partial charge < -0.3 is 20.1 Å². The molecule has 2 aromatic carbocycles. The van der Waals surface area contributed by atoms with E-state index in [0.29, 0.717) is 35.9 Å². The van der Waals surface area contributed by atoms with Crippen molar-refractivity contribution in [2.24, 2.45) is 5.92 Å². The SMILES string of the molecule is COC(=O)c1ccc(OCc2ccccc2)c(NC(=O)CCC2CCNC2)c1. The van der Waals surface area contributed by atoms with Crippen LogP contribution in [0, 0.1) is 5.92 Å². The Morgan fingerprint density at radius 2 is 2.00 bits per heavy atom. The van der Waals surface area contributed by atoms with Gasteiger partial charge in [-0.05, 0) is 55.6 Å². The lowest BCUT2D eigenvalue weighted by molar-refractivity contribution is -0.116. The average molecular weight is 382 g/mol. The summed E-state index contributed by atoms with van der Waals surface area (Å²) in [5.74, 6) is 0.522. The third kappa shape index (κ3) is 5.57. The molecule has 1 atom stereocenters. The number of carbonyl (C=O) groups excluding carboxylic acids is 2. The topological polar surface area (TPSA) is 76.7 Å². The molecule has 2 N–H and O–H groups in total. The lowest BCUT2D eigenvalue weighted by Gasteiger charge is -2.14. The first kappa shape index (κ1) is 19.9. The van der Waals surface area contributed by atoms with Crippen LogP contribution in [0.3, 0.4) is 0 Å². The number of rotatable bonds is 8. The maximum Gasteiger partial charge on any atom is 0.337 e. The predicted octanol–water partition coefficient (Wildman–Crippen LogP) is 3.38. The van der Waals surface area contributed by atoms with Crippen molar-refractivity contribution >= 4 is 17.6 Å². The lowest BCUT2D eigenvalue weighted by Crippen LogP contribution is -2.16. The molecule has 28 heavy (non-hydrogen) atoms. The van der Waals surface area contributed by atoms with Crippen molar-refractivity contribution in [1.29, 1.82) is 0 Å². The molecule has 0 saturated carbocycles. The van der Waals surface area contributed by atoms with Crippen LogP contribution in [0.4, 0.5) is 5.69 Å². The summed E-state index contributed by atoms with van der Waals surface area (Å²) in [6.07, 6.45) is 2.39. The Hall–Kier alpha value is -2.86. The third-order valence-electron chi connectivity index (χ3n) is 4.85. The van der Waals surface area contributed by atoms with E-state index in [1.54, 1.807) is 18.2 Å². The normalized spacial score (nSPS) is 15.8. The van der Waals surface area contributed by atoms with Gasteiger partial charge in [0.1, 0.15) is 12.4 Å². The number of amides is 1. The van der Waals surface area contributed by atoms with Crippen LogP contribution in [0.1, 0.15) is 35.2 Å². The first-order valence-electron chi connectivity index (χ1n) is 9.55. The molecule has 1 amide bonds. The van der Waals surface area contributed by atoms with Crippen LogP contribution in [-0.4, -0.2) is 32.1 Å². The number of hydrogen-bond acceptors (Lipinski definition) is 5. The van der Waals surface area contributed by atoms with Gasteiger partial charge in [-0.15, -0.1) is 0 Å². The summed E-state index contributed by atoms with van der Waals surface area (Å²) in [7, 11) is 1.33. The van der Waals surface area contributed by atoms with E-state index >= 15 is 0 Å². The minimum Gasteiger partial charge on any atom is -0.487 e.